The van der Waals surface area contributed by atoms with Crippen LogP contribution in [0.1, 0.15) is 19.8 Å². The molecule has 0 aliphatic carbocycles. The zero-order valence-corrected chi connectivity index (χ0v) is 16.3. The van der Waals surface area contributed by atoms with E-state index in [1.54, 1.807) is 41.9 Å². The topological polar surface area (TPSA) is 99.0 Å². The maximum Gasteiger partial charge on any atom is 0.350 e. The highest BCUT2D eigenvalue weighted by molar-refractivity contribution is 7.65. The number of carbonyl (C=O) groups is 1. The lowest BCUT2D eigenvalue weighted by Crippen LogP contribution is -2.39. The van der Waals surface area contributed by atoms with Crippen LogP contribution in [0.3, 0.4) is 0 Å². The predicted molar refractivity (Wildman–Crippen MR) is 104 cm³/mol. The molecule has 2 aromatic carbocycles. The molecule has 1 aliphatic heterocycles. The smallest absolute Gasteiger partial charge is 0.350 e. The van der Waals surface area contributed by atoms with Gasteiger partial charge in [-0.2, -0.15) is 0 Å². The van der Waals surface area contributed by atoms with Crippen LogP contribution in [0.15, 0.2) is 54.6 Å². The van der Waals surface area contributed by atoms with E-state index in [1.165, 1.54) is 24.3 Å². The van der Waals surface area contributed by atoms with Gasteiger partial charge in [-0.05, 0) is 44.0 Å². The van der Waals surface area contributed by atoms with Crippen molar-refractivity contribution >= 4 is 24.5 Å². The molecule has 0 radical (unpaired) electrons. The fourth-order valence-electron chi connectivity index (χ4n) is 3.19. The fraction of sp³-hybridized carbons (Fsp3) is 0.316. The molecule has 0 aromatic heterocycles. The van der Waals surface area contributed by atoms with Crippen molar-refractivity contribution in [1.29, 1.82) is 0 Å². The van der Waals surface area contributed by atoms with Gasteiger partial charge >= 0.3 is 13.5 Å². The summed E-state index contributed by atoms with van der Waals surface area (Å²) in [6.07, 6.45) is 1.21. The van der Waals surface area contributed by atoms with Crippen LogP contribution < -0.4 is 9.83 Å². The third-order valence-corrected chi connectivity index (χ3v) is 7.04. The van der Waals surface area contributed by atoms with Crippen molar-refractivity contribution in [1.82, 2.24) is 4.67 Å². The van der Waals surface area contributed by atoms with Crippen LogP contribution in [0.4, 0.5) is 5.69 Å². The summed E-state index contributed by atoms with van der Waals surface area (Å²) in [5.74, 6) is -0.198. The summed E-state index contributed by atoms with van der Waals surface area (Å²) in [6.45, 7) is 2.38. The molecule has 8 nitrogen and oxygen atoms in total. The lowest BCUT2D eigenvalue weighted by Gasteiger charge is -2.31. The lowest BCUT2D eigenvalue weighted by atomic mass is 10.2. The maximum absolute atomic E-state index is 14.1. The summed E-state index contributed by atoms with van der Waals surface area (Å²) in [6, 6.07) is 13.4. The fourth-order valence-corrected chi connectivity index (χ4v) is 5.63. The molecular weight excluding hydrogens is 383 g/mol. The average Bonchev–Trinajstić information content (AvgIpc) is 3.20. The van der Waals surface area contributed by atoms with Crippen molar-refractivity contribution in [3.05, 3.63) is 64.7 Å². The number of ether oxygens (including phenoxy) is 1. The second kappa shape index (κ2) is 8.54. The van der Waals surface area contributed by atoms with Gasteiger partial charge in [0.2, 0.25) is 0 Å². The van der Waals surface area contributed by atoms with Gasteiger partial charge in [0.15, 0.2) is 0 Å². The molecule has 0 bridgehead atoms. The van der Waals surface area contributed by atoms with Crippen LogP contribution in [-0.2, 0) is 14.1 Å². The van der Waals surface area contributed by atoms with Gasteiger partial charge in [-0.1, -0.05) is 18.2 Å². The quantitative estimate of drug-likeness (QED) is 0.301. The Labute approximate surface area is 162 Å². The van der Waals surface area contributed by atoms with Gasteiger partial charge in [-0.25, -0.2) is 4.67 Å². The Balaban J connectivity index is 1.97. The molecule has 0 N–H and O–H groups in total. The van der Waals surface area contributed by atoms with E-state index in [2.05, 4.69) is 0 Å². The highest BCUT2D eigenvalue weighted by Crippen LogP contribution is 2.53. The van der Waals surface area contributed by atoms with Crippen molar-refractivity contribution in [3.63, 3.8) is 0 Å². The summed E-state index contributed by atoms with van der Waals surface area (Å²) in [5, 5.41) is 11.3. The molecule has 0 spiro atoms. The molecule has 1 heterocycles. The number of hydrogen-bond donors (Lipinski definition) is 0. The number of nitro groups is 1. The first-order chi connectivity index (χ1) is 13.5. The van der Waals surface area contributed by atoms with Crippen LogP contribution in [0.2, 0.25) is 0 Å². The van der Waals surface area contributed by atoms with Crippen LogP contribution in [0, 0.1) is 10.1 Å². The average molecular weight is 404 g/mol. The van der Waals surface area contributed by atoms with Crippen molar-refractivity contribution in [3.8, 4) is 5.75 Å². The van der Waals surface area contributed by atoms with E-state index in [-0.39, 0.29) is 18.0 Å². The molecule has 2 atom stereocenters. The van der Waals surface area contributed by atoms with Gasteiger partial charge < -0.3 is 9.26 Å². The van der Waals surface area contributed by atoms with Crippen molar-refractivity contribution < 1.29 is 23.5 Å². The van der Waals surface area contributed by atoms with E-state index >= 15 is 0 Å². The van der Waals surface area contributed by atoms with Gasteiger partial charge in [0.05, 0.1) is 16.8 Å². The molecular formula is C19H21N2O6P. The first-order valence-corrected chi connectivity index (χ1v) is 10.6. The predicted octanol–water partition coefficient (Wildman–Crippen LogP) is 3.52. The molecule has 9 heteroatoms. The zero-order chi connectivity index (χ0) is 20.1. The van der Waals surface area contributed by atoms with E-state index in [0.717, 1.165) is 0 Å². The molecule has 1 fully saturated rings. The molecule has 1 saturated heterocycles. The maximum atomic E-state index is 14.1. The Bertz CT molecular complexity index is 887. The molecule has 28 heavy (non-hydrogen) atoms. The van der Waals surface area contributed by atoms with Crippen molar-refractivity contribution in [2.75, 3.05) is 13.2 Å². The highest BCUT2D eigenvalue weighted by atomic mass is 31.2. The molecule has 0 amide bonds. The number of carbonyl (C=O) groups excluding carboxylic acids is 1. The van der Waals surface area contributed by atoms with E-state index in [4.69, 9.17) is 9.26 Å². The van der Waals surface area contributed by atoms with E-state index in [0.29, 0.717) is 24.7 Å². The Morgan fingerprint density at radius 3 is 2.50 bits per heavy atom. The van der Waals surface area contributed by atoms with E-state index < -0.39 is 24.5 Å². The summed E-state index contributed by atoms with van der Waals surface area (Å²) in [4.78, 5) is 22.7. The third-order valence-electron chi connectivity index (χ3n) is 4.48. The minimum atomic E-state index is -3.65. The lowest BCUT2D eigenvalue weighted by molar-refractivity contribution is -0.384. The van der Waals surface area contributed by atoms with Crippen LogP contribution in [0.5, 0.6) is 5.75 Å². The number of nitrogens with zero attached hydrogens (tertiary/aromatic N) is 2. The molecule has 2 aromatic rings. The van der Waals surface area contributed by atoms with Crippen LogP contribution >= 0.6 is 7.52 Å². The van der Waals surface area contributed by atoms with Gasteiger partial charge in [0.1, 0.15) is 11.8 Å². The molecule has 1 aliphatic rings. The normalized spacial score (nSPS) is 19.0. The number of rotatable bonds is 7. The third kappa shape index (κ3) is 4.08. The van der Waals surface area contributed by atoms with Gasteiger partial charge in [0, 0.05) is 18.7 Å². The Kier molecular flexibility index (Phi) is 6.11. The molecule has 0 saturated carbocycles. The van der Waals surface area contributed by atoms with Crippen molar-refractivity contribution in [2.45, 2.75) is 25.8 Å². The van der Waals surface area contributed by atoms with Gasteiger partial charge in [0.25, 0.3) is 5.69 Å². The Hall–Kier alpha value is -2.70. The molecule has 1 unspecified atom stereocenters. The minimum Gasteiger partial charge on any atom is -0.465 e. The largest absolute Gasteiger partial charge is 0.465 e. The van der Waals surface area contributed by atoms with E-state index in [9.17, 15) is 19.5 Å². The zero-order valence-electron chi connectivity index (χ0n) is 15.4. The summed E-state index contributed by atoms with van der Waals surface area (Å²) in [5.41, 5.74) is -0.0903. The van der Waals surface area contributed by atoms with Gasteiger partial charge in [-0.15, -0.1) is 0 Å². The first kappa shape index (κ1) is 20.0. The summed E-state index contributed by atoms with van der Waals surface area (Å²) < 4.78 is 26.7. The second-order valence-corrected chi connectivity index (χ2v) is 8.52. The van der Waals surface area contributed by atoms with Crippen molar-refractivity contribution in [2.24, 2.45) is 0 Å². The SMILES string of the molecule is CCOC(=O)[C@@H]1CCCN1P(=O)(Oc1ccc([N+](=O)[O-])cc1)c1ccccc1. The monoisotopic (exact) mass is 404 g/mol. The number of benzene rings is 2. The second-order valence-electron chi connectivity index (χ2n) is 6.27. The number of non-ortho nitro benzene ring substituents is 1. The standard InChI is InChI=1S/C19H21N2O6P/c1-2-26-19(22)18-9-6-14-20(18)28(25,17-7-4-3-5-8-17)27-16-12-10-15(11-13-16)21(23)24/h3-5,7-8,10-13,18H,2,6,9,14H2,1H3/t18-,28?/m0/s1. The van der Waals surface area contributed by atoms with E-state index in [1.807, 2.05) is 0 Å². The molecule has 3 rings (SSSR count). The Morgan fingerprint density at radius 2 is 1.89 bits per heavy atom. The first-order valence-electron chi connectivity index (χ1n) is 8.99. The number of esters is 1. The minimum absolute atomic E-state index is 0.0903. The summed E-state index contributed by atoms with van der Waals surface area (Å²) in [7, 11) is -3.65. The summed E-state index contributed by atoms with van der Waals surface area (Å²) >= 11 is 0. The van der Waals surface area contributed by atoms with Gasteiger partial charge in [-0.3, -0.25) is 19.5 Å². The number of hydrogen-bond acceptors (Lipinski definition) is 6. The van der Waals surface area contributed by atoms with Crippen LogP contribution in [-0.4, -0.2) is 34.8 Å². The highest BCUT2D eigenvalue weighted by Gasteiger charge is 2.46. The number of nitro benzene ring substituents is 1. The molecule has 148 valence electrons. The Morgan fingerprint density at radius 1 is 1.21 bits per heavy atom. The van der Waals surface area contributed by atoms with Crippen LogP contribution in [0.25, 0.3) is 0 Å².